The van der Waals surface area contributed by atoms with Crippen LogP contribution >= 0.6 is 15.9 Å². The first kappa shape index (κ1) is 15.8. The van der Waals surface area contributed by atoms with Gasteiger partial charge < -0.3 is 14.8 Å². The van der Waals surface area contributed by atoms with Crippen LogP contribution < -0.4 is 14.8 Å². The fourth-order valence-electron chi connectivity index (χ4n) is 2.27. The van der Waals surface area contributed by atoms with Crippen LogP contribution in [0.1, 0.15) is 17.2 Å². The van der Waals surface area contributed by atoms with Crippen molar-refractivity contribution in [2.45, 2.75) is 6.04 Å². The van der Waals surface area contributed by atoms with E-state index in [0.717, 1.165) is 15.6 Å². The number of benzene rings is 2. The second-order valence-electron chi connectivity index (χ2n) is 4.50. The van der Waals surface area contributed by atoms with Crippen molar-refractivity contribution in [3.05, 3.63) is 57.8 Å². The third-order valence-electron chi connectivity index (χ3n) is 3.31. The molecule has 2 aromatic rings. The van der Waals surface area contributed by atoms with Crippen molar-refractivity contribution < 1.29 is 13.9 Å². The molecule has 0 aliphatic heterocycles. The lowest BCUT2D eigenvalue weighted by Gasteiger charge is -2.21. The van der Waals surface area contributed by atoms with Crippen molar-refractivity contribution in [1.82, 2.24) is 5.32 Å². The van der Waals surface area contributed by atoms with Crippen molar-refractivity contribution in [3.8, 4) is 11.5 Å². The molecule has 2 rings (SSSR count). The smallest absolute Gasteiger partial charge is 0.127 e. The number of halogens is 2. The molecule has 0 bridgehead atoms. The van der Waals surface area contributed by atoms with E-state index >= 15 is 0 Å². The SMILES string of the molecule is CNC(c1cc(F)ccc1Br)c1ccc(OC)cc1OC. The van der Waals surface area contributed by atoms with Crippen LogP contribution in [0.5, 0.6) is 11.5 Å². The summed E-state index contributed by atoms with van der Waals surface area (Å²) in [6.45, 7) is 0. The molecule has 112 valence electrons. The van der Waals surface area contributed by atoms with Crippen LogP contribution in [0.3, 0.4) is 0 Å². The Bertz CT molecular complexity index is 634. The molecule has 0 amide bonds. The lowest BCUT2D eigenvalue weighted by atomic mass is 9.97. The number of ether oxygens (including phenoxy) is 2. The quantitative estimate of drug-likeness (QED) is 0.883. The maximum atomic E-state index is 13.6. The molecule has 1 unspecified atom stereocenters. The van der Waals surface area contributed by atoms with Crippen LogP contribution in [0, 0.1) is 5.82 Å². The molecule has 0 fully saturated rings. The van der Waals surface area contributed by atoms with E-state index in [1.54, 1.807) is 20.3 Å². The Kier molecular flexibility index (Phi) is 5.20. The van der Waals surface area contributed by atoms with Crippen molar-refractivity contribution >= 4 is 15.9 Å². The molecule has 1 N–H and O–H groups in total. The van der Waals surface area contributed by atoms with Gasteiger partial charge in [0.15, 0.2) is 0 Å². The summed E-state index contributed by atoms with van der Waals surface area (Å²) in [5.74, 6) is 1.12. The predicted octanol–water partition coefficient (Wildman–Crippen LogP) is 3.91. The highest BCUT2D eigenvalue weighted by molar-refractivity contribution is 9.10. The van der Waals surface area contributed by atoms with E-state index in [9.17, 15) is 4.39 Å². The lowest BCUT2D eigenvalue weighted by molar-refractivity contribution is 0.388. The zero-order chi connectivity index (χ0) is 15.4. The summed E-state index contributed by atoms with van der Waals surface area (Å²) >= 11 is 3.47. The molecule has 2 aromatic carbocycles. The minimum absolute atomic E-state index is 0.198. The van der Waals surface area contributed by atoms with E-state index in [-0.39, 0.29) is 11.9 Å². The maximum Gasteiger partial charge on any atom is 0.127 e. The Morgan fingerprint density at radius 3 is 2.43 bits per heavy atom. The number of methoxy groups -OCH3 is 2. The molecule has 0 aromatic heterocycles. The van der Waals surface area contributed by atoms with Crippen LogP contribution in [0.25, 0.3) is 0 Å². The second kappa shape index (κ2) is 6.91. The molecule has 0 radical (unpaired) electrons. The Labute approximate surface area is 132 Å². The lowest BCUT2D eigenvalue weighted by Crippen LogP contribution is -2.19. The molecular formula is C16H17BrFNO2. The largest absolute Gasteiger partial charge is 0.497 e. The van der Waals surface area contributed by atoms with E-state index in [1.807, 2.05) is 25.2 Å². The molecule has 0 saturated heterocycles. The topological polar surface area (TPSA) is 30.5 Å². The van der Waals surface area contributed by atoms with Gasteiger partial charge in [0.05, 0.1) is 20.3 Å². The van der Waals surface area contributed by atoms with E-state index in [4.69, 9.17) is 9.47 Å². The fraction of sp³-hybridized carbons (Fsp3) is 0.250. The number of nitrogens with one attached hydrogen (secondary N) is 1. The van der Waals surface area contributed by atoms with Gasteiger partial charge in [-0.3, -0.25) is 0 Å². The first-order valence-electron chi connectivity index (χ1n) is 6.44. The van der Waals surface area contributed by atoms with Gasteiger partial charge in [-0.25, -0.2) is 4.39 Å². The molecule has 0 spiro atoms. The van der Waals surface area contributed by atoms with Gasteiger partial charge in [-0.1, -0.05) is 15.9 Å². The Morgan fingerprint density at radius 1 is 1.05 bits per heavy atom. The van der Waals surface area contributed by atoms with Crippen LogP contribution in [-0.4, -0.2) is 21.3 Å². The first-order chi connectivity index (χ1) is 10.1. The molecule has 1 atom stereocenters. The summed E-state index contributed by atoms with van der Waals surface area (Å²) in [4.78, 5) is 0. The number of hydrogen-bond acceptors (Lipinski definition) is 3. The average Bonchev–Trinajstić information content (AvgIpc) is 2.51. The summed E-state index contributed by atoms with van der Waals surface area (Å²) in [5, 5.41) is 3.20. The molecule has 0 heterocycles. The van der Waals surface area contributed by atoms with Gasteiger partial charge in [-0.2, -0.15) is 0 Å². The van der Waals surface area contributed by atoms with Crippen LogP contribution in [0.4, 0.5) is 4.39 Å². The van der Waals surface area contributed by atoms with Gasteiger partial charge in [0, 0.05) is 16.1 Å². The second-order valence-corrected chi connectivity index (χ2v) is 5.35. The average molecular weight is 354 g/mol. The van der Waals surface area contributed by atoms with E-state index in [0.29, 0.717) is 11.5 Å². The van der Waals surface area contributed by atoms with Crippen LogP contribution in [-0.2, 0) is 0 Å². The van der Waals surface area contributed by atoms with Crippen molar-refractivity contribution in [2.24, 2.45) is 0 Å². The molecule has 21 heavy (non-hydrogen) atoms. The van der Waals surface area contributed by atoms with Crippen LogP contribution in [0.2, 0.25) is 0 Å². The highest BCUT2D eigenvalue weighted by Crippen LogP contribution is 2.35. The van der Waals surface area contributed by atoms with Crippen molar-refractivity contribution in [2.75, 3.05) is 21.3 Å². The molecule has 5 heteroatoms. The van der Waals surface area contributed by atoms with Crippen molar-refractivity contribution in [1.29, 1.82) is 0 Å². The van der Waals surface area contributed by atoms with Crippen molar-refractivity contribution in [3.63, 3.8) is 0 Å². The summed E-state index contributed by atoms with van der Waals surface area (Å²) in [6.07, 6.45) is 0. The third kappa shape index (κ3) is 3.36. The Hall–Kier alpha value is -1.59. The fourth-order valence-corrected chi connectivity index (χ4v) is 2.75. The van der Waals surface area contributed by atoms with Gasteiger partial charge in [-0.05, 0) is 42.9 Å². The van der Waals surface area contributed by atoms with Gasteiger partial charge in [0.2, 0.25) is 0 Å². The highest BCUT2D eigenvalue weighted by Gasteiger charge is 2.20. The molecule has 0 saturated carbocycles. The van der Waals surface area contributed by atoms with Gasteiger partial charge in [0.1, 0.15) is 17.3 Å². The Morgan fingerprint density at radius 2 is 1.81 bits per heavy atom. The zero-order valence-electron chi connectivity index (χ0n) is 12.1. The zero-order valence-corrected chi connectivity index (χ0v) is 13.7. The van der Waals surface area contributed by atoms with Gasteiger partial charge in [-0.15, -0.1) is 0 Å². The van der Waals surface area contributed by atoms with E-state index < -0.39 is 0 Å². The van der Waals surface area contributed by atoms with E-state index in [1.165, 1.54) is 12.1 Å². The molecule has 3 nitrogen and oxygen atoms in total. The van der Waals surface area contributed by atoms with E-state index in [2.05, 4.69) is 21.2 Å². The third-order valence-corrected chi connectivity index (χ3v) is 4.03. The monoisotopic (exact) mass is 353 g/mol. The first-order valence-corrected chi connectivity index (χ1v) is 7.24. The molecule has 0 aliphatic rings. The summed E-state index contributed by atoms with van der Waals surface area (Å²) in [5.41, 5.74) is 1.72. The normalized spacial score (nSPS) is 12.0. The molecule has 0 aliphatic carbocycles. The molecular weight excluding hydrogens is 337 g/mol. The summed E-state index contributed by atoms with van der Waals surface area (Å²) in [6, 6.07) is 10.0. The van der Waals surface area contributed by atoms with Gasteiger partial charge in [0.25, 0.3) is 0 Å². The predicted molar refractivity (Wildman–Crippen MR) is 84.5 cm³/mol. The van der Waals surface area contributed by atoms with Crippen LogP contribution in [0.15, 0.2) is 40.9 Å². The standard InChI is InChI=1S/C16H17BrFNO2/c1-19-16(13-8-10(18)4-7-14(13)17)12-6-5-11(20-2)9-15(12)21-3/h4-9,16,19H,1-3H3. The summed E-state index contributed by atoms with van der Waals surface area (Å²) in [7, 11) is 5.03. The highest BCUT2D eigenvalue weighted by atomic mass is 79.9. The Balaban J connectivity index is 2.53. The summed E-state index contributed by atoms with van der Waals surface area (Å²) < 4.78 is 25.0. The number of hydrogen-bond donors (Lipinski definition) is 1. The minimum atomic E-state index is -0.277. The maximum absolute atomic E-state index is 13.6. The number of rotatable bonds is 5. The van der Waals surface area contributed by atoms with Gasteiger partial charge >= 0.3 is 0 Å². The minimum Gasteiger partial charge on any atom is -0.497 e.